The quantitative estimate of drug-likeness (QED) is 0.598. The van der Waals surface area contributed by atoms with Gasteiger partial charge in [0, 0.05) is 29.3 Å². The van der Waals surface area contributed by atoms with Crippen LogP contribution in [-0.2, 0) is 30.7 Å². The van der Waals surface area contributed by atoms with E-state index in [-0.39, 0.29) is 17.9 Å². The van der Waals surface area contributed by atoms with Crippen molar-refractivity contribution < 1.29 is 22.7 Å². The van der Waals surface area contributed by atoms with Gasteiger partial charge in [0.15, 0.2) is 0 Å². The predicted molar refractivity (Wildman–Crippen MR) is 118 cm³/mol. The number of pyridine rings is 2. The van der Waals surface area contributed by atoms with Crippen LogP contribution in [0.3, 0.4) is 0 Å². The van der Waals surface area contributed by atoms with Crippen LogP contribution < -0.4 is 5.73 Å². The highest BCUT2D eigenvalue weighted by Gasteiger charge is 2.31. The third-order valence-corrected chi connectivity index (χ3v) is 5.43. The number of rotatable bonds is 4. The van der Waals surface area contributed by atoms with Crippen LogP contribution >= 0.6 is 0 Å². The summed E-state index contributed by atoms with van der Waals surface area (Å²) in [6.45, 7) is 7.25. The minimum Gasteiger partial charge on any atom is -0.383 e. The number of fused-ring (bicyclic) bond motifs is 3. The Morgan fingerprint density at radius 3 is 2.48 bits per heavy atom. The number of alkyl halides is 3. The number of ether oxygens (including phenoxy) is 1. The number of aromatic nitrogens is 2. The molecule has 0 saturated heterocycles. The van der Waals surface area contributed by atoms with E-state index in [4.69, 9.17) is 10.5 Å². The van der Waals surface area contributed by atoms with Gasteiger partial charge in [-0.2, -0.15) is 13.2 Å². The molecule has 1 aliphatic rings. The zero-order chi connectivity index (χ0) is 24.0. The highest BCUT2D eigenvalue weighted by atomic mass is 19.4. The van der Waals surface area contributed by atoms with Gasteiger partial charge >= 0.3 is 6.18 Å². The number of benzene rings is 1. The van der Waals surface area contributed by atoms with Crippen LogP contribution in [0, 0.1) is 5.41 Å². The largest absolute Gasteiger partial charge is 0.417 e. The van der Waals surface area contributed by atoms with Gasteiger partial charge in [0.2, 0.25) is 0 Å². The zero-order valence-corrected chi connectivity index (χ0v) is 18.7. The Morgan fingerprint density at radius 2 is 1.85 bits per heavy atom. The smallest absolute Gasteiger partial charge is 0.383 e. The normalized spacial score (nSPS) is 13.9. The Bertz CT molecular complexity index is 1200. The summed E-state index contributed by atoms with van der Waals surface area (Å²) in [7, 11) is 0. The van der Waals surface area contributed by atoms with Gasteiger partial charge in [-0.3, -0.25) is 9.78 Å². The van der Waals surface area contributed by atoms with E-state index < -0.39 is 11.7 Å². The average molecular weight is 458 g/mol. The summed E-state index contributed by atoms with van der Waals surface area (Å²) in [5.74, 6) is 0.190. The summed E-state index contributed by atoms with van der Waals surface area (Å²) in [5, 5.41) is 0.811. The van der Waals surface area contributed by atoms with Crippen LogP contribution in [0.4, 0.5) is 19.0 Å². The molecule has 0 saturated carbocycles. The first-order chi connectivity index (χ1) is 15.4. The summed E-state index contributed by atoms with van der Waals surface area (Å²) in [6.07, 6.45) is -3.66. The van der Waals surface area contributed by atoms with Gasteiger partial charge in [0.1, 0.15) is 5.82 Å². The lowest BCUT2D eigenvalue weighted by Gasteiger charge is -2.30. The van der Waals surface area contributed by atoms with Crippen molar-refractivity contribution >= 4 is 22.6 Å². The molecule has 1 amide bonds. The number of nitrogens with two attached hydrogens (primary N) is 1. The van der Waals surface area contributed by atoms with Crippen molar-refractivity contribution in [1.82, 2.24) is 14.9 Å². The third kappa shape index (κ3) is 4.93. The Hall–Kier alpha value is -3.20. The highest BCUT2D eigenvalue weighted by molar-refractivity contribution is 5.99. The van der Waals surface area contributed by atoms with Crippen LogP contribution in [-0.4, -0.2) is 27.3 Å². The van der Waals surface area contributed by atoms with E-state index in [0.717, 1.165) is 28.8 Å². The number of hydrogen-bond acceptors (Lipinski definition) is 5. The van der Waals surface area contributed by atoms with Gasteiger partial charge in [-0.25, -0.2) is 4.98 Å². The molecule has 0 aliphatic carbocycles. The van der Waals surface area contributed by atoms with Crippen molar-refractivity contribution in [3.8, 4) is 0 Å². The van der Waals surface area contributed by atoms with Crippen molar-refractivity contribution in [2.45, 2.75) is 46.7 Å². The molecule has 2 aromatic heterocycles. The second kappa shape index (κ2) is 8.30. The monoisotopic (exact) mass is 458 g/mol. The molecule has 1 aliphatic heterocycles. The predicted octanol–water partition coefficient (Wildman–Crippen LogP) is 4.95. The molecule has 3 heterocycles. The number of nitrogens with zero attached hydrogens (tertiary/aromatic N) is 3. The lowest BCUT2D eigenvalue weighted by Crippen LogP contribution is -2.37. The molecule has 4 rings (SSSR count). The van der Waals surface area contributed by atoms with E-state index in [2.05, 4.69) is 9.97 Å². The first kappa shape index (κ1) is 23.0. The average Bonchev–Trinajstić information content (AvgIpc) is 3.22. The lowest BCUT2D eigenvalue weighted by molar-refractivity contribution is -0.137. The number of carbonyl (C=O) groups excluding carboxylic acids is 1. The number of carbonyl (C=O) groups is 1. The molecule has 0 atom stereocenters. The van der Waals surface area contributed by atoms with Gasteiger partial charge in [-0.1, -0.05) is 20.8 Å². The van der Waals surface area contributed by atoms with E-state index in [9.17, 15) is 18.0 Å². The van der Waals surface area contributed by atoms with E-state index in [0.29, 0.717) is 42.4 Å². The molecular weight excluding hydrogens is 433 g/mol. The first-order valence-corrected chi connectivity index (χ1v) is 10.5. The van der Waals surface area contributed by atoms with Crippen molar-refractivity contribution in [2.75, 3.05) is 12.3 Å². The minimum atomic E-state index is -4.46. The molecule has 0 fully saturated rings. The molecule has 1 aromatic carbocycles. The van der Waals surface area contributed by atoms with Crippen LogP contribution in [0.2, 0.25) is 0 Å². The number of nitrogen functional groups attached to an aromatic ring is 1. The van der Waals surface area contributed by atoms with E-state index >= 15 is 0 Å². The van der Waals surface area contributed by atoms with Gasteiger partial charge in [-0.05, 0) is 41.3 Å². The van der Waals surface area contributed by atoms with E-state index in [1.54, 1.807) is 23.1 Å². The van der Waals surface area contributed by atoms with Crippen molar-refractivity contribution in [1.29, 1.82) is 0 Å². The van der Waals surface area contributed by atoms with E-state index in [1.165, 1.54) is 6.07 Å². The maximum Gasteiger partial charge on any atom is 0.417 e. The molecule has 0 unspecified atom stereocenters. The molecule has 9 heteroatoms. The molecule has 2 N–H and O–H groups in total. The molecule has 6 nitrogen and oxygen atoms in total. The summed E-state index contributed by atoms with van der Waals surface area (Å²) >= 11 is 0. The Morgan fingerprint density at radius 1 is 1.12 bits per heavy atom. The lowest BCUT2D eigenvalue weighted by atomic mass is 9.95. The molecule has 174 valence electrons. The van der Waals surface area contributed by atoms with E-state index in [1.807, 2.05) is 20.8 Å². The standard InChI is InChI=1S/C24H25F3N4O2/c1-23(2,3)13-31(10-16-6-5-15(9-29-16)24(25,26)27)22(32)14-4-7-20-17(8-14)18-11-33-12-19(18)21(28)30-20/h4-9H,10-13H2,1-3H3,(H2,28,30). The van der Waals surface area contributed by atoms with Crippen molar-refractivity contribution in [3.05, 3.63) is 64.5 Å². The van der Waals surface area contributed by atoms with Crippen molar-refractivity contribution in [2.24, 2.45) is 5.41 Å². The molecular formula is C24H25F3N4O2. The number of anilines is 1. The van der Waals surface area contributed by atoms with Gasteiger partial charge < -0.3 is 15.4 Å². The Balaban J connectivity index is 1.67. The van der Waals surface area contributed by atoms with Crippen LogP contribution in [0.5, 0.6) is 0 Å². The summed E-state index contributed by atoms with van der Waals surface area (Å²) < 4.78 is 44.2. The molecule has 0 bridgehead atoms. The number of hydrogen-bond donors (Lipinski definition) is 1. The van der Waals surface area contributed by atoms with Gasteiger partial charge in [0.25, 0.3) is 5.91 Å². The Labute approximate surface area is 189 Å². The van der Waals surface area contributed by atoms with Crippen LogP contribution in [0.1, 0.15) is 53.5 Å². The summed E-state index contributed by atoms with van der Waals surface area (Å²) in [5.41, 5.74) is 8.27. The van der Waals surface area contributed by atoms with Crippen molar-refractivity contribution in [3.63, 3.8) is 0 Å². The first-order valence-electron chi connectivity index (χ1n) is 10.5. The minimum absolute atomic E-state index is 0.0908. The SMILES string of the molecule is CC(C)(C)CN(Cc1ccc(C(F)(F)F)cn1)C(=O)c1ccc2nc(N)c3c(c2c1)COC3. The topological polar surface area (TPSA) is 81.3 Å². The third-order valence-electron chi connectivity index (χ3n) is 5.43. The number of halogens is 3. The fourth-order valence-corrected chi connectivity index (χ4v) is 3.94. The molecule has 0 spiro atoms. The van der Waals surface area contributed by atoms with Crippen LogP contribution in [0.15, 0.2) is 36.5 Å². The highest BCUT2D eigenvalue weighted by Crippen LogP contribution is 2.32. The molecule has 33 heavy (non-hydrogen) atoms. The maximum atomic E-state index is 13.5. The summed E-state index contributed by atoms with van der Waals surface area (Å²) in [4.78, 5) is 23.5. The maximum absolute atomic E-state index is 13.5. The fraction of sp³-hybridized carbons (Fsp3) is 0.375. The number of amides is 1. The second-order valence-electron chi connectivity index (χ2n) is 9.44. The second-order valence-corrected chi connectivity index (χ2v) is 9.44. The zero-order valence-electron chi connectivity index (χ0n) is 18.7. The fourth-order valence-electron chi connectivity index (χ4n) is 3.94. The molecule has 0 radical (unpaired) electrons. The Kier molecular flexibility index (Phi) is 5.78. The van der Waals surface area contributed by atoms with Crippen LogP contribution in [0.25, 0.3) is 10.9 Å². The van der Waals surface area contributed by atoms with Gasteiger partial charge in [0.05, 0.1) is 36.5 Å². The summed E-state index contributed by atoms with van der Waals surface area (Å²) in [6, 6.07) is 7.52. The van der Waals surface area contributed by atoms with Gasteiger partial charge in [-0.15, -0.1) is 0 Å². The molecule has 3 aromatic rings.